The van der Waals surface area contributed by atoms with Crippen LogP contribution in [0.3, 0.4) is 0 Å². The van der Waals surface area contributed by atoms with Gasteiger partial charge in [-0.2, -0.15) is 0 Å². The summed E-state index contributed by atoms with van der Waals surface area (Å²) in [5.74, 6) is -1.84. The third kappa shape index (κ3) is 1.31. The van der Waals surface area contributed by atoms with Crippen molar-refractivity contribution >= 4 is 11.7 Å². The van der Waals surface area contributed by atoms with Crippen molar-refractivity contribution in [1.82, 2.24) is 0 Å². The molecule has 0 aliphatic carbocycles. The Morgan fingerprint density at radius 3 is 2.20 bits per heavy atom. The third-order valence-electron chi connectivity index (χ3n) is 1.08. The Hall–Kier alpha value is -0.940. The molecule has 1 aliphatic heterocycles. The molecule has 56 valence electrons. The first-order valence-electron chi connectivity index (χ1n) is 2.78. The van der Waals surface area contributed by atoms with Gasteiger partial charge in [0.2, 0.25) is 6.29 Å². The number of rotatable bonds is 2. The van der Waals surface area contributed by atoms with E-state index in [1.807, 2.05) is 0 Å². The van der Waals surface area contributed by atoms with Crippen molar-refractivity contribution < 1.29 is 19.1 Å². The van der Waals surface area contributed by atoms with Gasteiger partial charge in [0.1, 0.15) is 0 Å². The van der Waals surface area contributed by atoms with Crippen molar-refractivity contribution in [3.8, 4) is 0 Å². The molecule has 0 aromatic rings. The molecule has 10 heavy (non-hydrogen) atoms. The van der Waals surface area contributed by atoms with E-state index >= 15 is 0 Å². The van der Waals surface area contributed by atoms with E-state index < -0.39 is 18.0 Å². The lowest BCUT2D eigenvalue weighted by Crippen LogP contribution is -2.34. The minimum atomic E-state index is -1.06. The molecule has 1 amide bonds. The summed E-state index contributed by atoms with van der Waals surface area (Å²) in [4.78, 5) is 20.8. The van der Waals surface area contributed by atoms with Crippen molar-refractivity contribution in [2.75, 3.05) is 13.2 Å². The number of nitrogens with two attached hydrogens (primary N) is 1. The highest BCUT2D eigenvalue weighted by Gasteiger charge is 2.28. The average molecular weight is 145 g/mol. The second-order valence-corrected chi connectivity index (χ2v) is 1.80. The van der Waals surface area contributed by atoms with E-state index in [1.165, 1.54) is 0 Å². The van der Waals surface area contributed by atoms with Crippen molar-refractivity contribution in [1.29, 1.82) is 0 Å². The van der Waals surface area contributed by atoms with Crippen LogP contribution in [0.15, 0.2) is 0 Å². The molecule has 1 saturated heterocycles. The van der Waals surface area contributed by atoms with Crippen LogP contribution in [0.4, 0.5) is 0 Å². The maximum absolute atomic E-state index is 10.6. The summed E-state index contributed by atoms with van der Waals surface area (Å²) in [6.07, 6.45) is -1.06. The highest BCUT2D eigenvalue weighted by Crippen LogP contribution is 2.03. The van der Waals surface area contributed by atoms with Crippen LogP contribution in [0, 0.1) is 0 Å². The number of carbonyl (C=O) groups is 2. The zero-order chi connectivity index (χ0) is 7.56. The molecule has 1 rings (SSSR count). The van der Waals surface area contributed by atoms with Crippen LogP contribution in [-0.4, -0.2) is 31.2 Å². The average Bonchev–Trinajstić information content (AvgIpc) is 2.36. The number of Topliss-reactive ketones (excluding diaryl/α,β-unsaturated/α-hetero) is 1. The SMILES string of the molecule is NC(=O)C(=O)C1OCCO1. The maximum atomic E-state index is 10.6. The number of ether oxygens (including phenoxy) is 2. The fourth-order valence-corrected chi connectivity index (χ4v) is 0.626. The number of amides is 1. The van der Waals surface area contributed by atoms with E-state index in [9.17, 15) is 9.59 Å². The second-order valence-electron chi connectivity index (χ2n) is 1.80. The van der Waals surface area contributed by atoms with Crippen molar-refractivity contribution in [2.24, 2.45) is 5.73 Å². The predicted molar refractivity (Wildman–Crippen MR) is 29.9 cm³/mol. The van der Waals surface area contributed by atoms with Gasteiger partial charge in [0.05, 0.1) is 13.2 Å². The molecule has 2 N–H and O–H groups in total. The van der Waals surface area contributed by atoms with Gasteiger partial charge in [-0.3, -0.25) is 9.59 Å². The van der Waals surface area contributed by atoms with Gasteiger partial charge >= 0.3 is 0 Å². The highest BCUT2D eigenvalue weighted by atomic mass is 16.7. The van der Waals surface area contributed by atoms with Gasteiger partial charge in [0.15, 0.2) is 0 Å². The van der Waals surface area contributed by atoms with E-state index in [2.05, 4.69) is 5.73 Å². The van der Waals surface area contributed by atoms with Gasteiger partial charge in [0.25, 0.3) is 11.7 Å². The first kappa shape index (κ1) is 7.17. The zero-order valence-corrected chi connectivity index (χ0v) is 5.20. The molecule has 0 unspecified atom stereocenters. The molecule has 0 radical (unpaired) electrons. The number of primary amides is 1. The minimum Gasteiger partial charge on any atom is -0.363 e. The van der Waals surface area contributed by atoms with E-state index in [-0.39, 0.29) is 0 Å². The molecular formula is C5H7NO4. The lowest BCUT2D eigenvalue weighted by Gasteiger charge is -2.02. The minimum absolute atomic E-state index is 0.337. The Balaban J connectivity index is 2.48. The van der Waals surface area contributed by atoms with E-state index in [0.717, 1.165) is 0 Å². The Labute approximate surface area is 57.1 Å². The molecule has 0 atom stereocenters. The number of ketones is 1. The Morgan fingerprint density at radius 2 is 1.80 bits per heavy atom. The Bertz CT molecular complexity index is 161. The zero-order valence-electron chi connectivity index (χ0n) is 5.20. The molecule has 0 saturated carbocycles. The lowest BCUT2D eigenvalue weighted by molar-refractivity contribution is -0.152. The summed E-state index contributed by atoms with van der Waals surface area (Å²) < 4.78 is 9.41. The number of hydrogen-bond acceptors (Lipinski definition) is 4. The molecular weight excluding hydrogens is 138 g/mol. The molecule has 0 spiro atoms. The summed E-state index contributed by atoms with van der Waals surface area (Å²) in [5, 5.41) is 0. The molecule has 1 heterocycles. The van der Waals surface area contributed by atoms with Crippen LogP contribution in [0.1, 0.15) is 0 Å². The number of carbonyl (C=O) groups excluding carboxylic acids is 2. The van der Waals surface area contributed by atoms with Crippen molar-refractivity contribution in [3.05, 3.63) is 0 Å². The predicted octanol–water partition coefficient (Wildman–Crippen LogP) is -1.59. The van der Waals surface area contributed by atoms with Crippen molar-refractivity contribution in [3.63, 3.8) is 0 Å². The monoisotopic (exact) mass is 145 g/mol. The van der Waals surface area contributed by atoms with Crippen molar-refractivity contribution in [2.45, 2.75) is 6.29 Å². The Morgan fingerprint density at radius 1 is 1.30 bits per heavy atom. The van der Waals surface area contributed by atoms with Crippen LogP contribution in [-0.2, 0) is 19.1 Å². The normalized spacial score (nSPS) is 19.2. The maximum Gasteiger partial charge on any atom is 0.290 e. The summed E-state index contributed by atoms with van der Waals surface area (Å²) in [5.41, 5.74) is 4.67. The van der Waals surface area contributed by atoms with E-state index in [4.69, 9.17) is 9.47 Å². The summed E-state index contributed by atoms with van der Waals surface area (Å²) in [6, 6.07) is 0. The summed E-state index contributed by atoms with van der Waals surface area (Å²) in [7, 11) is 0. The quantitative estimate of drug-likeness (QED) is 0.475. The van der Waals surface area contributed by atoms with Gasteiger partial charge in [-0.15, -0.1) is 0 Å². The van der Waals surface area contributed by atoms with Gasteiger partial charge in [-0.05, 0) is 0 Å². The van der Waals surface area contributed by atoms with Gasteiger partial charge in [-0.1, -0.05) is 0 Å². The fraction of sp³-hybridized carbons (Fsp3) is 0.600. The molecule has 0 aromatic heterocycles. The summed E-state index contributed by atoms with van der Waals surface area (Å²) >= 11 is 0. The number of hydrogen-bond donors (Lipinski definition) is 1. The largest absolute Gasteiger partial charge is 0.363 e. The van der Waals surface area contributed by atoms with Crippen LogP contribution >= 0.6 is 0 Å². The van der Waals surface area contributed by atoms with Gasteiger partial charge < -0.3 is 15.2 Å². The standard InChI is InChI=1S/C5H7NO4/c6-4(8)3(7)5-9-1-2-10-5/h5H,1-2H2,(H2,6,8). The first-order chi connectivity index (χ1) is 4.72. The smallest absolute Gasteiger partial charge is 0.290 e. The van der Waals surface area contributed by atoms with Gasteiger partial charge in [-0.25, -0.2) is 0 Å². The fourth-order valence-electron chi connectivity index (χ4n) is 0.626. The van der Waals surface area contributed by atoms with Crippen LogP contribution < -0.4 is 5.73 Å². The molecule has 1 fully saturated rings. The first-order valence-corrected chi connectivity index (χ1v) is 2.78. The van der Waals surface area contributed by atoms with Crippen LogP contribution in [0.5, 0.6) is 0 Å². The second kappa shape index (κ2) is 2.76. The van der Waals surface area contributed by atoms with E-state index in [0.29, 0.717) is 13.2 Å². The molecule has 1 aliphatic rings. The highest BCUT2D eigenvalue weighted by molar-refractivity contribution is 6.36. The van der Waals surface area contributed by atoms with E-state index in [1.54, 1.807) is 0 Å². The molecule has 0 bridgehead atoms. The lowest BCUT2D eigenvalue weighted by atomic mass is 10.4. The van der Waals surface area contributed by atoms with Gasteiger partial charge in [0, 0.05) is 0 Å². The topological polar surface area (TPSA) is 78.6 Å². The molecule has 5 heteroatoms. The molecule has 5 nitrogen and oxygen atoms in total. The molecule has 0 aromatic carbocycles. The van der Waals surface area contributed by atoms with Crippen LogP contribution in [0.25, 0.3) is 0 Å². The third-order valence-corrected chi connectivity index (χ3v) is 1.08. The van der Waals surface area contributed by atoms with Crippen LogP contribution in [0.2, 0.25) is 0 Å². The summed E-state index contributed by atoms with van der Waals surface area (Å²) in [6.45, 7) is 0.674. The Kier molecular flexibility index (Phi) is 1.98.